The highest BCUT2D eigenvalue weighted by Crippen LogP contribution is 2.36. The Kier molecular flexibility index (Phi) is 6.36. The van der Waals surface area contributed by atoms with Crippen molar-refractivity contribution >= 4 is 38.9 Å². The number of hydrogen-bond donors (Lipinski definition) is 1. The van der Waals surface area contributed by atoms with Crippen LogP contribution in [0.15, 0.2) is 69.0 Å². The molecular formula is C22H27N5O2S2. The third kappa shape index (κ3) is 5.11. The molecule has 2 aliphatic rings. The third-order valence-electron chi connectivity index (χ3n) is 5.82. The van der Waals surface area contributed by atoms with Gasteiger partial charge in [0.2, 0.25) is 0 Å². The van der Waals surface area contributed by atoms with E-state index in [1.807, 2.05) is 18.5 Å². The predicted molar refractivity (Wildman–Crippen MR) is 128 cm³/mol. The van der Waals surface area contributed by atoms with Crippen molar-refractivity contribution in [2.45, 2.75) is 24.3 Å². The van der Waals surface area contributed by atoms with Crippen molar-refractivity contribution < 1.29 is 8.42 Å². The number of benzene rings is 2. The van der Waals surface area contributed by atoms with Crippen LogP contribution in [0.1, 0.15) is 18.4 Å². The van der Waals surface area contributed by atoms with Crippen LogP contribution in [0.25, 0.3) is 0 Å². The zero-order valence-electron chi connectivity index (χ0n) is 17.5. The fraction of sp³-hybridized carbons (Fsp3) is 0.364. The Morgan fingerprint density at radius 1 is 1.13 bits per heavy atom. The number of rotatable bonds is 4. The van der Waals surface area contributed by atoms with Crippen LogP contribution in [0.3, 0.4) is 0 Å². The zero-order valence-corrected chi connectivity index (χ0v) is 19.1. The molecule has 31 heavy (non-hydrogen) atoms. The molecule has 164 valence electrons. The number of anilines is 1. The second kappa shape index (κ2) is 9.02. The van der Waals surface area contributed by atoms with Crippen molar-refractivity contribution in [1.29, 1.82) is 0 Å². The minimum atomic E-state index is -3.82. The molecule has 0 radical (unpaired) electrons. The number of nitrogen functional groups attached to an aromatic ring is 1. The first-order valence-electron chi connectivity index (χ1n) is 10.2. The third-order valence-corrected chi connectivity index (χ3v) is 7.88. The Hall–Kier alpha value is -2.36. The molecule has 2 N–H and O–H groups in total. The SMILES string of the molecule is CS/C(=N/S(=O)(=O)c1ccc(N)cc1)N1CC2(C=N1)CCN(Cc1ccccc1)CC2. The fourth-order valence-corrected chi connectivity index (χ4v) is 5.76. The molecule has 0 aromatic heterocycles. The Bertz CT molecular complexity index is 1060. The molecule has 2 heterocycles. The van der Waals surface area contributed by atoms with E-state index in [4.69, 9.17) is 5.73 Å². The largest absolute Gasteiger partial charge is 0.399 e. The van der Waals surface area contributed by atoms with Crippen molar-refractivity contribution in [3.63, 3.8) is 0 Å². The molecule has 1 saturated heterocycles. The van der Waals surface area contributed by atoms with E-state index in [0.29, 0.717) is 17.4 Å². The lowest BCUT2D eigenvalue weighted by Crippen LogP contribution is -2.43. The molecule has 9 heteroatoms. The first kappa shape index (κ1) is 21.9. The van der Waals surface area contributed by atoms with Crippen LogP contribution >= 0.6 is 11.8 Å². The normalized spacial score (nSPS) is 19.3. The molecular weight excluding hydrogens is 430 g/mol. The standard InChI is InChI=1S/C22H27N5O2S2/c1-30-21(25-31(28,29)20-9-7-19(23)8-10-20)27-17-22(16-24-27)11-13-26(14-12-22)15-18-5-3-2-4-6-18/h2-10,16H,11-15,17,23H2,1H3/b25-21+. The van der Waals surface area contributed by atoms with E-state index in [1.54, 1.807) is 17.1 Å². The Morgan fingerprint density at radius 3 is 2.45 bits per heavy atom. The van der Waals surface area contributed by atoms with Gasteiger partial charge < -0.3 is 5.73 Å². The molecule has 0 saturated carbocycles. The summed E-state index contributed by atoms with van der Waals surface area (Å²) in [6.07, 6.45) is 5.80. The van der Waals surface area contributed by atoms with Crippen LogP contribution in [0.2, 0.25) is 0 Å². The van der Waals surface area contributed by atoms with Gasteiger partial charge >= 0.3 is 0 Å². The highest BCUT2D eigenvalue weighted by atomic mass is 32.2. The fourth-order valence-electron chi connectivity index (χ4n) is 3.96. The van der Waals surface area contributed by atoms with Gasteiger partial charge in [-0.15, -0.1) is 4.40 Å². The molecule has 4 rings (SSSR count). The molecule has 0 amide bonds. The molecule has 0 aliphatic carbocycles. The zero-order chi connectivity index (χ0) is 21.9. The maximum absolute atomic E-state index is 12.7. The predicted octanol–water partition coefficient (Wildman–Crippen LogP) is 3.26. The van der Waals surface area contributed by atoms with E-state index in [0.717, 1.165) is 32.5 Å². The van der Waals surface area contributed by atoms with Gasteiger partial charge in [0.05, 0.1) is 11.4 Å². The Labute approximate surface area is 188 Å². The molecule has 2 aromatic rings. The monoisotopic (exact) mass is 457 g/mol. The molecule has 2 aliphatic heterocycles. The van der Waals surface area contributed by atoms with E-state index >= 15 is 0 Å². The van der Waals surface area contributed by atoms with Crippen LogP contribution in [0.4, 0.5) is 5.69 Å². The van der Waals surface area contributed by atoms with Crippen molar-refractivity contribution in [1.82, 2.24) is 9.91 Å². The van der Waals surface area contributed by atoms with Gasteiger partial charge in [0, 0.05) is 23.9 Å². The van der Waals surface area contributed by atoms with Crippen LogP contribution in [-0.2, 0) is 16.6 Å². The van der Waals surface area contributed by atoms with Crippen LogP contribution in [0.5, 0.6) is 0 Å². The van der Waals surface area contributed by atoms with Crippen LogP contribution in [-0.4, -0.2) is 55.6 Å². The topological polar surface area (TPSA) is 91.4 Å². The highest BCUT2D eigenvalue weighted by Gasteiger charge is 2.39. The maximum Gasteiger partial charge on any atom is 0.284 e. The van der Waals surface area contributed by atoms with Crippen molar-refractivity contribution in [2.75, 3.05) is 31.6 Å². The van der Waals surface area contributed by atoms with Crippen LogP contribution < -0.4 is 5.73 Å². The number of likely N-dealkylation sites (tertiary alicyclic amines) is 1. The number of amidine groups is 1. The molecule has 1 spiro atoms. The van der Waals surface area contributed by atoms with E-state index in [9.17, 15) is 8.42 Å². The quantitative estimate of drug-likeness (QED) is 0.430. The summed E-state index contributed by atoms with van der Waals surface area (Å²) in [7, 11) is -3.82. The summed E-state index contributed by atoms with van der Waals surface area (Å²) >= 11 is 1.29. The van der Waals surface area contributed by atoms with Gasteiger partial charge in [0.1, 0.15) is 0 Å². The van der Waals surface area contributed by atoms with E-state index in [1.165, 1.54) is 29.5 Å². The lowest BCUT2D eigenvalue weighted by Gasteiger charge is -2.37. The average Bonchev–Trinajstić information content (AvgIpc) is 3.18. The summed E-state index contributed by atoms with van der Waals surface area (Å²) in [6, 6.07) is 16.6. The smallest absolute Gasteiger partial charge is 0.284 e. The number of thioether (sulfide) groups is 1. The molecule has 0 atom stereocenters. The average molecular weight is 458 g/mol. The lowest BCUT2D eigenvalue weighted by molar-refractivity contribution is 0.142. The number of hydrazone groups is 1. The maximum atomic E-state index is 12.7. The van der Waals surface area contributed by atoms with Gasteiger partial charge in [-0.1, -0.05) is 42.1 Å². The number of sulfonamides is 1. The summed E-state index contributed by atoms with van der Waals surface area (Å²) in [5, 5.41) is 6.65. The molecule has 7 nitrogen and oxygen atoms in total. The molecule has 0 unspecified atom stereocenters. The van der Waals surface area contributed by atoms with Crippen LogP contribution in [0, 0.1) is 5.41 Å². The summed E-state index contributed by atoms with van der Waals surface area (Å²) in [5.74, 6) is 0. The van der Waals surface area contributed by atoms with Gasteiger partial charge in [-0.2, -0.15) is 13.5 Å². The van der Waals surface area contributed by atoms with E-state index < -0.39 is 10.0 Å². The van der Waals surface area contributed by atoms with Gasteiger partial charge in [0.25, 0.3) is 10.0 Å². The van der Waals surface area contributed by atoms with Crippen molar-refractivity contribution in [3.05, 3.63) is 60.2 Å². The lowest BCUT2D eigenvalue weighted by atomic mass is 9.80. The number of nitrogens with zero attached hydrogens (tertiary/aromatic N) is 4. The second-order valence-electron chi connectivity index (χ2n) is 8.05. The molecule has 2 aromatic carbocycles. The minimum absolute atomic E-state index is 0.0331. The van der Waals surface area contributed by atoms with Gasteiger partial charge in [-0.3, -0.25) is 4.90 Å². The number of piperidine rings is 1. The van der Waals surface area contributed by atoms with Gasteiger partial charge in [-0.25, -0.2) is 5.01 Å². The first-order valence-corrected chi connectivity index (χ1v) is 12.9. The highest BCUT2D eigenvalue weighted by molar-refractivity contribution is 8.13. The number of nitrogens with two attached hydrogens (primary N) is 1. The van der Waals surface area contributed by atoms with E-state index in [-0.39, 0.29) is 10.3 Å². The van der Waals surface area contributed by atoms with Crippen molar-refractivity contribution in [3.8, 4) is 0 Å². The summed E-state index contributed by atoms with van der Waals surface area (Å²) in [6.45, 7) is 3.59. The second-order valence-corrected chi connectivity index (χ2v) is 10.4. The first-order chi connectivity index (χ1) is 14.9. The summed E-state index contributed by atoms with van der Waals surface area (Å²) in [5.41, 5.74) is 7.47. The summed E-state index contributed by atoms with van der Waals surface area (Å²) < 4.78 is 29.5. The van der Waals surface area contributed by atoms with E-state index in [2.05, 4.69) is 38.7 Å². The van der Waals surface area contributed by atoms with Gasteiger partial charge in [-0.05, 0) is 62.0 Å². The summed E-state index contributed by atoms with van der Waals surface area (Å²) in [4.78, 5) is 2.59. The Balaban J connectivity index is 1.41. The van der Waals surface area contributed by atoms with Crippen molar-refractivity contribution in [2.24, 2.45) is 14.9 Å². The Morgan fingerprint density at radius 2 is 1.81 bits per heavy atom. The molecule has 1 fully saturated rings. The minimum Gasteiger partial charge on any atom is -0.399 e. The van der Waals surface area contributed by atoms with Gasteiger partial charge in [0.15, 0.2) is 5.17 Å². The number of hydrogen-bond acceptors (Lipinski definition) is 6. The molecule has 0 bridgehead atoms.